The fourth-order valence-corrected chi connectivity index (χ4v) is 2.69. The number of aromatic nitrogens is 1. The van der Waals surface area contributed by atoms with Crippen LogP contribution in [0, 0.1) is 13.8 Å². The van der Waals surface area contributed by atoms with Gasteiger partial charge in [-0.05, 0) is 20.3 Å². The molecule has 0 saturated heterocycles. The normalized spacial score (nSPS) is 12.5. The zero-order chi connectivity index (χ0) is 11.4. The van der Waals surface area contributed by atoms with Gasteiger partial charge in [-0.2, -0.15) is 0 Å². The highest BCUT2D eigenvalue weighted by molar-refractivity contribution is 9.09. The van der Waals surface area contributed by atoms with Crippen molar-refractivity contribution >= 4 is 33.2 Å². The Kier molecular flexibility index (Phi) is 4.73. The molecule has 0 aliphatic carbocycles. The third kappa shape index (κ3) is 3.28. The number of carbonyl (C=O) groups is 1. The monoisotopic (exact) mass is 290 g/mol. The number of nitrogens with zero attached hydrogens (tertiary/aromatic N) is 1. The fraction of sp³-hybridized carbons (Fsp3) is 0.600. The van der Waals surface area contributed by atoms with Gasteiger partial charge in [-0.1, -0.05) is 22.9 Å². The van der Waals surface area contributed by atoms with Crippen molar-refractivity contribution in [1.29, 1.82) is 0 Å². The Morgan fingerprint density at radius 1 is 1.60 bits per heavy atom. The second-order valence-corrected chi connectivity index (χ2v) is 5.23. The van der Waals surface area contributed by atoms with Crippen LogP contribution in [0.1, 0.15) is 33.7 Å². The minimum atomic E-state index is -0.00981. The van der Waals surface area contributed by atoms with Gasteiger partial charge in [0.05, 0.1) is 10.7 Å². The van der Waals surface area contributed by atoms with Gasteiger partial charge >= 0.3 is 0 Å². The van der Waals surface area contributed by atoms with Gasteiger partial charge in [0.25, 0.3) is 5.91 Å². The first kappa shape index (κ1) is 12.6. The molecule has 0 bridgehead atoms. The number of nitrogens with one attached hydrogen (secondary N) is 1. The van der Waals surface area contributed by atoms with E-state index in [1.807, 2.05) is 13.8 Å². The molecule has 1 amide bonds. The van der Waals surface area contributed by atoms with Crippen LogP contribution < -0.4 is 5.32 Å². The van der Waals surface area contributed by atoms with E-state index in [1.54, 1.807) is 0 Å². The van der Waals surface area contributed by atoms with Crippen molar-refractivity contribution in [3.63, 3.8) is 0 Å². The lowest BCUT2D eigenvalue weighted by molar-refractivity contribution is 0.0943. The van der Waals surface area contributed by atoms with Gasteiger partial charge in [0.15, 0.2) is 0 Å². The van der Waals surface area contributed by atoms with E-state index in [1.165, 1.54) is 11.3 Å². The smallest absolute Gasteiger partial charge is 0.263 e. The Hall–Kier alpha value is -0.420. The average molecular weight is 291 g/mol. The summed E-state index contributed by atoms with van der Waals surface area (Å²) in [6.45, 7) is 5.83. The summed E-state index contributed by atoms with van der Waals surface area (Å²) in [5.41, 5.74) is 0.819. The van der Waals surface area contributed by atoms with Gasteiger partial charge in [-0.25, -0.2) is 4.98 Å². The van der Waals surface area contributed by atoms with Crippen LogP contribution in [0.5, 0.6) is 0 Å². The zero-order valence-corrected chi connectivity index (χ0v) is 11.5. The summed E-state index contributed by atoms with van der Waals surface area (Å²) in [5.74, 6) is -0.00981. The second kappa shape index (κ2) is 5.61. The number of amides is 1. The molecule has 0 fully saturated rings. The molecule has 5 heteroatoms. The molecule has 0 aliphatic heterocycles. The summed E-state index contributed by atoms with van der Waals surface area (Å²) < 4.78 is 0. The highest BCUT2D eigenvalue weighted by Crippen LogP contribution is 2.17. The van der Waals surface area contributed by atoms with Crippen LogP contribution in [0.25, 0.3) is 0 Å². The highest BCUT2D eigenvalue weighted by atomic mass is 79.9. The first-order valence-corrected chi connectivity index (χ1v) is 6.83. The molecule has 0 aliphatic rings. The van der Waals surface area contributed by atoms with E-state index in [-0.39, 0.29) is 11.9 Å². The molecule has 3 nitrogen and oxygen atoms in total. The average Bonchev–Trinajstić information content (AvgIpc) is 2.54. The van der Waals surface area contributed by atoms with Crippen LogP contribution in [-0.2, 0) is 0 Å². The minimum Gasteiger partial charge on any atom is -0.348 e. The summed E-state index contributed by atoms with van der Waals surface area (Å²) in [4.78, 5) is 16.8. The van der Waals surface area contributed by atoms with Crippen LogP contribution >= 0.6 is 27.3 Å². The van der Waals surface area contributed by atoms with Crippen molar-refractivity contribution in [2.75, 3.05) is 5.33 Å². The van der Waals surface area contributed by atoms with Gasteiger partial charge in [0.1, 0.15) is 4.88 Å². The Balaban J connectivity index is 2.72. The second-order valence-electron chi connectivity index (χ2n) is 3.38. The Bertz CT molecular complexity index is 347. The molecule has 0 saturated carbocycles. The molecule has 1 heterocycles. The molecule has 1 aromatic heterocycles. The number of halogens is 1. The molecule has 84 valence electrons. The van der Waals surface area contributed by atoms with Crippen molar-refractivity contribution in [2.24, 2.45) is 0 Å². The number of aryl methyl sites for hydroxylation is 2. The lowest BCUT2D eigenvalue weighted by Crippen LogP contribution is -2.35. The standard InChI is InChI=1S/C10H15BrN2OS/c1-4-8(5-11)13-10(14)9-6(2)12-7(3)15-9/h8H,4-5H2,1-3H3,(H,13,14). The van der Waals surface area contributed by atoms with Crippen molar-refractivity contribution in [2.45, 2.75) is 33.2 Å². The number of rotatable bonds is 4. The third-order valence-corrected chi connectivity index (χ3v) is 3.98. The van der Waals surface area contributed by atoms with Crippen LogP contribution in [-0.4, -0.2) is 22.3 Å². The maximum Gasteiger partial charge on any atom is 0.263 e. The van der Waals surface area contributed by atoms with Crippen LogP contribution in [0.4, 0.5) is 0 Å². The van der Waals surface area contributed by atoms with E-state index < -0.39 is 0 Å². The molecule has 0 aromatic carbocycles. The summed E-state index contributed by atoms with van der Waals surface area (Å²) >= 11 is 4.82. The quantitative estimate of drug-likeness (QED) is 0.867. The van der Waals surface area contributed by atoms with Crippen molar-refractivity contribution < 1.29 is 4.79 Å². The van der Waals surface area contributed by atoms with Crippen molar-refractivity contribution in [1.82, 2.24) is 10.3 Å². The molecule has 0 spiro atoms. The predicted molar refractivity (Wildman–Crippen MR) is 66.9 cm³/mol. The summed E-state index contributed by atoms with van der Waals surface area (Å²) in [6, 6.07) is 0.194. The molecule has 1 N–H and O–H groups in total. The Labute approximate surface area is 102 Å². The molecular formula is C10H15BrN2OS. The molecule has 15 heavy (non-hydrogen) atoms. The SMILES string of the molecule is CCC(CBr)NC(=O)c1sc(C)nc1C. The van der Waals surface area contributed by atoms with Crippen molar-refractivity contribution in [3.05, 3.63) is 15.6 Å². The van der Waals surface area contributed by atoms with E-state index in [0.717, 1.165) is 27.3 Å². The third-order valence-electron chi connectivity index (χ3n) is 2.12. The molecular weight excluding hydrogens is 276 g/mol. The number of thiazole rings is 1. The predicted octanol–water partition coefficient (Wildman–Crippen LogP) is 2.66. The minimum absolute atomic E-state index is 0.00981. The Morgan fingerprint density at radius 3 is 2.67 bits per heavy atom. The number of hydrogen-bond donors (Lipinski definition) is 1. The van der Waals surface area contributed by atoms with E-state index >= 15 is 0 Å². The largest absolute Gasteiger partial charge is 0.348 e. The van der Waals surface area contributed by atoms with Gasteiger partial charge in [0.2, 0.25) is 0 Å². The van der Waals surface area contributed by atoms with E-state index in [9.17, 15) is 4.79 Å². The Morgan fingerprint density at radius 2 is 2.27 bits per heavy atom. The summed E-state index contributed by atoms with van der Waals surface area (Å²) in [5, 5.41) is 4.69. The molecule has 1 aromatic rings. The number of alkyl halides is 1. The number of hydrogen-bond acceptors (Lipinski definition) is 3. The van der Waals surface area contributed by atoms with Crippen LogP contribution in [0.3, 0.4) is 0 Å². The number of carbonyl (C=O) groups excluding carboxylic acids is 1. The molecule has 1 atom stereocenters. The first-order chi connectivity index (χ1) is 7.08. The van der Waals surface area contributed by atoms with Gasteiger partial charge in [-0.3, -0.25) is 4.79 Å². The van der Waals surface area contributed by atoms with Gasteiger partial charge in [0, 0.05) is 11.4 Å². The highest BCUT2D eigenvalue weighted by Gasteiger charge is 2.16. The topological polar surface area (TPSA) is 42.0 Å². The fourth-order valence-electron chi connectivity index (χ4n) is 1.24. The van der Waals surface area contributed by atoms with Gasteiger partial charge < -0.3 is 5.32 Å². The van der Waals surface area contributed by atoms with E-state index in [2.05, 4.69) is 33.2 Å². The molecule has 1 unspecified atom stereocenters. The lowest BCUT2D eigenvalue weighted by atomic mass is 10.2. The van der Waals surface area contributed by atoms with E-state index in [0.29, 0.717) is 0 Å². The molecule has 1 rings (SSSR count). The molecule has 0 radical (unpaired) electrons. The van der Waals surface area contributed by atoms with Crippen LogP contribution in [0.15, 0.2) is 0 Å². The van der Waals surface area contributed by atoms with Gasteiger partial charge in [-0.15, -0.1) is 11.3 Å². The lowest BCUT2D eigenvalue weighted by Gasteiger charge is -2.12. The maximum absolute atomic E-state index is 11.8. The van der Waals surface area contributed by atoms with E-state index in [4.69, 9.17) is 0 Å². The van der Waals surface area contributed by atoms with Crippen molar-refractivity contribution in [3.8, 4) is 0 Å². The summed E-state index contributed by atoms with van der Waals surface area (Å²) in [7, 11) is 0. The summed E-state index contributed by atoms with van der Waals surface area (Å²) in [6.07, 6.45) is 0.924. The maximum atomic E-state index is 11.8. The first-order valence-electron chi connectivity index (χ1n) is 4.89. The zero-order valence-electron chi connectivity index (χ0n) is 9.13. The van der Waals surface area contributed by atoms with Crippen LogP contribution in [0.2, 0.25) is 0 Å².